The lowest BCUT2D eigenvalue weighted by Gasteiger charge is -2.09. The Morgan fingerprint density at radius 2 is 2.44 bits per heavy atom. The molecule has 0 atom stereocenters. The van der Waals surface area contributed by atoms with Crippen LogP contribution in [0.4, 0.5) is 0 Å². The van der Waals surface area contributed by atoms with Crippen molar-refractivity contribution in [1.29, 1.82) is 0 Å². The molecule has 0 unspecified atom stereocenters. The molecule has 0 aromatic heterocycles. The second kappa shape index (κ2) is 3.90. The van der Waals surface area contributed by atoms with Gasteiger partial charge in [-0.1, -0.05) is 0 Å². The van der Waals surface area contributed by atoms with Crippen LogP contribution in [0.3, 0.4) is 0 Å². The normalized spacial score (nSPS) is 11.6. The van der Waals surface area contributed by atoms with E-state index < -0.39 is 0 Å². The van der Waals surface area contributed by atoms with Gasteiger partial charge in [0, 0.05) is 6.54 Å². The summed E-state index contributed by atoms with van der Waals surface area (Å²) >= 11 is 0. The summed E-state index contributed by atoms with van der Waals surface area (Å²) in [5, 5.41) is 21.7. The summed E-state index contributed by atoms with van der Waals surface area (Å²) in [6, 6.07) is 0. The first kappa shape index (κ1) is 7.96. The van der Waals surface area contributed by atoms with Gasteiger partial charge in [-0.05, 0) is 0 Å². The van der Waals surface area contributed by atoms with Crippen molar-refractivity contribution in [2.24, 2.45) is 11.0 Å². The predicted molar refractivity (Wildman–Crippen MR) is 29.5 cm³/mol. The zero-order chi connectivity index (χ0) is 7.28. The van der Waals surface area contributed by atoms with Gasteiger partial charge >= 0.3 is 0 Å². The zero-order valence-corrected chi connectivity index (χ0v) is 5.19. The third-order valence-corrected chi connectivity index (χ3v) is 0.821. The Kier molecular flexibility index (Phi) is 3.45. The fourth-order valence-electron chi connectivity index (χ4n) is 0.341. The molecule has 0 saturated carbocycles. The van der Waals surface area contributed by atoms with Crippen LogP contribution in [0.15, 0.2) is 5.28 Å². The largest absolute Gasteiger partial charge is 0.569 e. The van der Waals surface area contributed by atoms with Gasteiger partial charge in [-0.3, -0.25) is 0 Å². The lowest BCUT2D eigenvalue weighted by atomic mass is 10.6. The molecule has 0 radical (unpaired) electrons. The number of nitrogens with zero attached hydrogens (tertiary/aromatic N) is 3. The maximum atomic E-state index is 10.3. The van der Waals surface area contributed by atoms with Gasteiger partial charge in [0.1, 0.15) is 0 Å². The predicted octanol–water partition coefficient (Wildman–Crippen LogP) is -0.856. The number of hydrogen-bond acceptors (Lipinski definition) is 3. The molecule has 0 aliphatic heterocycles. The van der Waals surface area contributed by atoms with E-state index in [2.05, 4.69) is 5.28 Å². The topological polar surface area (TPSA) is 87.9 Å². The van der Waals surface area contributed by atoms with Crippen molar-refractivity contribution in [3.05, 3.63) is 5.21 Å². The summed E-state index contributed by atoms with van der Waals surface area (Å²) < 4.78 is 0. The van der Waals surface area contributed by atoms with Crippen LogP contribution in [0.2, 0.25) is 0 Å². The van der Waals surface area contributed by atoms with Crippen LogP contribution in [-0.2, 0) is 0 Å². The van der Waals surface area contributed by atoms with Crippen molar-refractivity contribution in [2.75, 3.05) is 20.1 Å². The first-order valence-electron chi connectivity index (χ1n) is 2.45. The minimum absolute atomic E-state index is 0.0624. The highest BCUT2D eigenvalue weighted by atomic mass is 16.6. The molecule has 3 N–H and O–H groups in total. The van der Waals surface area contributed by atoms with Crippen molar-refractivity contribution in [1.82, 2.24) is 5.01 Å². The van der Waals surface area contributed by atoms with Gasteiger partial charge in [-0.15, -0.1) is 5.01 Å². The van der Waals surface area contributed by atoms with Gasteiger partial charge in [0.05, 0.1) is 18.6 Å². The highest BCUT2D eigenvalue weighted by Gasteiger charge is 2.01. The second-order valence-electron chi connectivity index (χ2n) is 1.51. The van der Waals surface area contributed by atoms with Gasteiger partial charge in [0.2, 0.25) is 5.28 Å². The minimum atomic E-state index is 0.0624. The Bertz CT molecular complexity index is 104. The zero-order valence-electron chi connectivity index (χ0n) is 5.19. The molecule has 6 nitrogen and oxygen atoms in total. The number of nitrogens with two attached hydrogens (primary N) is 1. The van der Waals surface area contributed by atoms with E-state index in [9.17, 15) is 5.21 Å². The molecular formula is C3H10N4O2. The van der Waals surface area contributed by atoms with Crippen LogP contribution in [0, 0.1) is 5.21 Å². The molecular weight excluding hydrogens is 124 g/mol. The molecule has 0 rings (SSSR count). The summed E-state index contributed by atoms with van der Waals surface area (Å²) in [5.74, 6) is 0. The monoisotopic (exact) mass is 134 g/mol. The van der Waals surface area contributed by atoms with Gasteiger partial charge in [-0.25, -0.2) is 0 Å². The lowest BCUT2D eigenvalue weighted by molar-refractivity contribution is -0.703. The fraction of sp³-hybridized carbons (Fsp3) is 1.00. The summed E-state index contributed by atoms with van der Waals surface area (Å²) in [6.07, 6.45) is 0. The second-order valence-corrected chi connectivity index (χ2v) is 1.51. The number of rotatable bonds is 3. The van der Waals surface area contributed by atoms with Gasteiger partial charge in [-0.2, -0.15) is 0 Å². The van der Waals surface area contributed by atoms with Crippen molar-refractivity contribution in [3.63, 3.8) is 0 Å². The molecule has 6 heteroatoms. The van der Waals surface area contributed by atoms with Crippen molar-refractivity contribution >= 4 is 0 Å². The Morgan fingerprint density at radius 3 is 2.78 bits per heavy atom. The third kappa shape index (κ3) is 2.70. The Balaban J connectivity index is 3.59. The highest BCUT2D eigenvalue weighted by Crippen LogP contribution is 1.80. The van der Waals surface area contributed by atoms with Gasteiger partial charge in [0.25, 0.3) is 0 Å². The lowest BCUT2D eigenvalue weighted by Crippen LogP contribution is -2.31. The minimum Gasteiger partial charge on any atom is -0.569 e. The van der Waals surface area contributed by atoms with Crippen LogP contribution in [0.1, 0.15) is 0 Å². The van der Waals surface area contributed by atoms with Gasteiger partial charge < -0.3 is 16.1 Å². The van der Waals surface area contributed by atoms with E-state index in [0.29, 0.717) is 13.1 Å². The molecule has 0 bridgehead atoms. The van der Waals surface area contributed by atoms with E-state index in [1.807, 2.05) is 0 Å². The number of hydrazine groups is 1. The first-order chi connectivity index (χ1) is 4.22. The van der Waals surface area contributed by atoms with E-state index in [1.54, 1.807) is 0 Å². The molecule has 0 aromatic rings. The first-order valence-corrected chi connectivity index (χ1v) is 2.45. The van der Waals surface area contributed by atoms with Gasteiger partial charge in [0.15, 0.2) is 0 Å². The molecule has 0 spiro atoms. The number of hydrogen-bond donors (Lipinski definition) is 2. The Morgan fingerprint density at radius 1 is 1.89 bits per heavy atom. The van der Waals surface area contributed by atoms with E-state index >= 15 is 0 Å². The van der Waals surface area contributed by atoms with Crippen LogP contribution < -0.4 is 5.73 Å². The summed E-state index contributed by atoms with van der Waals surface area (Å²) in [7, 11) is 1.47. The Hall–Kier alpha value is -1.04. The highest BCUT2D eigenvalue weighted by molar-refractivity contribution is 4.34. The van der Waals surface area contributed by atoms with E-state index in [4.69, 9.17) is 10.9 Å². The standard InChI is InChI=1S/C3H10N4O2/c1-6(3-2-4)7(9)5-8/h8H,2-4H2,1H3. The van der Waals surface area contributed by atoms with Crippen LogP contribution in [0.5, 0.6) is 0 Å². The van der Waals surface area contributed by atoms with Crippen molar-refractivity contribution in [2.45, 2.75) is 0 Å². The molecule has 0 saturated heterocycles. The van der Waals surface area contributed by atoms with Crippen LogP contribution in [0.25, 0.3) is 0 Å². The SMILES string of the molecule is CN(CCN)[N+]([O-])=NO. The molecule has 0 amide bonds. The molecule has 0 heterocycles. The van der Waals surface area contributed by atoms with Crippen LogP contribution >= 0.6 is 0 Å². The number of likely N-dealkylation sites (N-methyl/N-ethyl adjacent to an activating group) is 1. The average molecular weight is 134 g/mol. The quantitative estimate of drug-likeness (QED) is 0.299. The molecule has 54 valence electrons. The molecule has 0 fully saturated rings. The molecule has 0 aromatic carbocycles. The molecule has 0 aliphatic carbocycles. The third-order valence-electron chi connectivity index (χ3n) is 0.821. The van der Waals surface area contributed by atoms with Crippen LogP contribution in [-0.4, -0.2) is 35.3 Å². The average Bonchev–Trinajstić information content (AvgIpc) is 1.87. The van der Waals surface area contributed by atoms with E-state index in [1.165, 1.54) is 7.05 Å². The Labute approximate surface area is 52.7 Å². The summed E-state index contributed by atoms with van der Waals surface area (Å²) in [6.45, 7) is 0.721. The van der Waals surface area contributed by atoms with E-state index in [0.717, 1.165) is 5.01 Å². The fourth-order valence-corrected chi connectivity index (χ4v) is 0.341. The molecule has 0 aliphatic rings. The van der Waals surface area contributed by atoms with Crippen molar-refractivity contribution < 1.29 is 10.2 Å². The van der Waals surface area contributed by atoms with E-state index in [-0.39, 0.29) is 4.97 Å². The maximum Gasteiger partial charge on any atom is 0.230 e. The van der Waals surface area contributed by atoms with Crippen molar-refractivity contribution in [3.8, 4) is 0 Å². The smallest absolute Gasteiger partial charge is 0.230 e. The summed E-state index contributed by atoms with van der Waals surface area (Å²) in [5.41, 5.74) is 5.09. The maximum absolute atomic E-state index is 10.3. The molecule has 9 heavy (non-hydrogen) atoms. The summed E-state index contributed by atoms with van der Waals surface area (Å²) in [4.78, 5) is 0.0624.